The number of esters is 1. The average Bonchev–Trinajstić information content (AvgIpc) is 2.61. The van der Waals surface area contributed by atoms with E-state index in [2.05, 4.69) is 10.3 Å². The number of nitrogens with zero attached hydrogens (tertiary/aromatic N) is 2. The van der Waals surface area contributed by atoms with Crippen LogP contribution in [0.1, 0.15) is 24.2 Å². The number of nitrogens with one attached hydrogen (secondary N) is 1. The zero-order chi connectivity index (χ0) is 18.2. The van der Waals surface area contributed by atoms with Crippen LogP contribution in [0.3, 0.4) is 0 Å². The van der Waals surface area contributed by atoms with Gasteiger partial charge >= 0.3 is 5.97 Å². The molecule has 0 radical (unpaired) electrons. The van der Waals surface area contributed by atoms with Gasteiger partial charge in [-0.3, -0.25) is 5.32 Å². The molecule has 1 N–H and O–H groups in total. The maximum atomic E-state index is 11.9. The van der Waals surface area contributed by atoms with Gasteiger partial charge in [-0.25, -0.2) is 9.79 Å². The van der Waals surface area contributed by atoms with Gasteiger partial charge in [0.2, 0.25) is 0 Å². The molecule has 0 fully saturated rings. The Balaban J connectivity index is 2.23. The Hall–Kier alpha value is -2.78. The summed E-state index contributed by atoms with van der Waals surface area (Å²) in [6.45, 7) is 3.64. The van der Waals surface area contributed by atoms with Gasteiger partial charge in [0.05, 0.1) is 17.4 Å². The van der Waals surface area contributed by atoms with Gasteiger partial charge in [0.15, 0.2) is 11.4 Å². The van der Waals surface area contributed by atoms with Crippen molar-refractivity contribution < 1.29 is 9.53 Å². The Kier molecular flexibility index (Phi) is 6.61. The van der Waals surface area contributed by atoms with Crippen molar-refractivity contribution in [2.45, 2.75) is 20.0 Å². The fraction of sp³-hybridized carbons (Fsp3) is 0.211. The highest BCUT2D eigenvalue weighted by molar-refractivity contribution is 8.13. The fourth-order valence-corrected chi connectivity index (χ4v) is 2.47. The molecule has 0 bridgehead atoms. The number of nitriles is 1. The van der Waals surface area contributed by atoms with Crippen molar-refractivity contribution >= 4 is 28.6 Å². The number of carbonyl (C=O) groups excluding carboxylic acids is 1. The largest absolute Gasteiger partial charge is 0.459 e. The number of hydrogen-bond acceptors (Lipinski definition) is 5. The van der Waals surface area contributed by atoms with Crippen LogP contribution in [0.15, 0.2) is 53.5 Å². The van der Waals surface area contributed by atoms with E-state index in [4.69, 9.17) is 10.00 Å². The zero-order valence-corrected chi connectivity index (χ0v) is 15.1. The van der Waals surface area contributed by atoms with Gasteiger partial charge in [-0.15, -0.1) is 0 Å². The highest BCUT2D eigenvalue weighted by Crippen LogP contribution is 2.25. The van der Waals surface area contributed by atoms with Crippen LogP contribution in [0, 0.1) is 11.5 Å². The lowest BCUT2D eigenvalue weighted by Gasteiger charge is -2.09. The normalized spacial score (nSPS) is 11.1. The van der Waals surface area contributed by atoms with Crippen molar-refractivity contribution in [1.82, 2.24) is 5.32 Å². The Labute approximate surface area is 151 Å². The summed E-state index contributed by atoms with van der Waals surface area (Å²) < 4.78 is 5.19. The molecule has 0 aliphatic heterocycles. The second-order valence-corrected chi connectivity index (χ2v) is 6.23. The molecule has 0 heterocycles. The lowest BCUT2D eigenvalue weighted by molar-refractivity contribution is 0.0378. The molecule has 6 heteroatoms. The van der Waals surface area contributed by atoms with Crippen LogP contribution in [0.5, 0.6) is 0 Å². The summed E-state index contributed by atoms with van der Waals surface area (Å²) in [6.07, 6.45) is 3.58. The van der Waals surface area contributed by atoms with Crippen molar-refractivity contribution in [1.29, 1.82) is 5.26 Å². The first-order chi connectivity index (χ1) is 12.0. The van der Waals surface area contributed by atoms with Crippen molar-refractivity contribution in [2.75, 3.05) is 6.26 Å². The summed E-state index contributed by atoms with van der Waals surface area (Å²) in [5.74, 6) is -0.327. The SMILES string of the molecule is CSC(=Nc1cccc(-c2ccc(C(=O)OC(C)C)cc2)c1)NC#N. The van der Waals surface area contributed by atoms with Gasteiger partial charge in [-0.05, 0) is 55.5 Å². The van der Waals surface area contributed by atoms with E-state index >= 15 is 0 Å². The first-order valence-electron chi connectivity index (χ1n) is 7.72. The van der Waals surface area contributed by atoms with Crippen LogP contribution in [0.25, 0.3) is 11.1 Å². The van der Waals surface area contributed by atoms with E-state index in [0.717, 1.165) is 16.8 Å². The summed E-state index contributed by atoms with van der Waals surface area (Å²) >= 11 is 1.37. The minimum absolute atomic E-state index is 0.144. The lowest BCUT2D eigenvalue weighted by Crippen LogP contribution is -2.12. The van der Waals surface area contributed by atoms with E-state index in [1.54, 1.807) is 12.1 Å². The third-order valence-corrected chi connectivity index (χ3v) is 3.81. The Morgan fingerprint density at radius 1 is 1.20 bits per heavy atom. The smallest absolute Gasteiger partial charge is 0.338 e. The molecule has 2 rings (SSSR count). The molecule has 2 aromatic rings. The van der Waals surface area contributed by atoms with Crippen LogP contribution in [0.2, 0.25) is 0 Å². The second-order valence-electron chi connectivity index (χ2n) is 5.44. The van der Waals surface area contributed by atoms with E-state index in [1.807, 2.05) is 62.7 Å². The molecule has 0 aliphatic carbocycles. The quantitative estimate of drug-likeness (QED) is 0.291. The van der Waals surface area contributed by atoms with Crippen LogP contribution in [0.4, 0.5) is 5.69 Å². The fourth-order valence-electron chi connectivity index (χ4n) is 2.13. The standard InChI is InChI=1S/C19H19N3O2S/c1-13(2)24-18(23)15-9-7-14(8-10-15)16-5-4-6-17(11-16)22-19(25-3)21-12-20/h4-11,13H,1-3H3,(H,21,22). The molecule has 5 nitrogen and oxygen atoms in total. The molecule has 0 amide bonds. The van der Waals surface area contributed by atoms with Crippen molar-refractivity contribution in [3.05, 3.63) is 54.1 Å². The average molecular weight is 353 g/mol. The first-order valence-corrected chi connectivity index (χ1v) is 8.95. The molecule has 25 heavy (non-hydrogen) atoms. The monoisotopic (exact) mass is 353 g/mol. The number of amidine groups is 1. The predicted molar refractivity (Wildman–Crippen MR) is 102 cm³/mol. The topological polar surface area (TPSA) is 74.5 Å². The maximum Gasteiger partial charge on any atom is 0.338 e. The summed E-state index contributed by atoms with van der Waals surface area (Å²) in [5.41, 5.74) is 3.21. The molecule has 0 saturated heterocycles. The number of aliphatic imine (C=N–C) groups is 1. The third kappa shape index (κ3) is 5.37. The van der Waals surface area contributed by atoms with Gasteiger partial charge in [-0.1, -0.05) is 36.0 Å². The van der Waals surface area contributed by atoms with E-state index in [0.29, 0.717) is 10.7 Å². The summed E-state index contributed by atoms with van der Waals surface area (Å²) in [5, 5.41) is 11.8. The number of hydrogen-bond donors (Lipinski definition) is 1. The molecule has 0 saturated carbocycles. The Morgan fingerprint density at radius 2 is 1.92 bits per heavy atom. The molecule has 2 aromatic carbocycles. The van der Waals surface area contributed by atoms with Crippen molar-refractivity contribution in [3.8, 4) is 17.3 Å². The van der Waals surface area contributed by atoms with Gasteiger partial charge in [0.25, 0.3) is 0 Å². The maximum absolute atomic E-state index is 11.9. The number of ether oxygens (including phenoxy) is 1. The van der Waals surface area contributed by atoms with Crippen molar-refractivity contribution in [2.24, 2.45) is 4.99 Å². The molecule has 0 unspecified atom stereocenters. The van der Waals surface area contributed by atoms with E-state index < -0.39 is 0 Å². The van der Waals surface area contributed by atoms with E-state index in [1.165, 1.54) is 11.8 Å². The van der Waals surface area contributed by atoms with Crippen LogP contribution in [-0.4, -0.2) is 23.5 Å². The van der Waals surface area contributed by atoms with Gasteiger partial charge in [0, 0.05) is 0 Å². The third-order valence-electron chi connectivity index (χ3n) is 3.23. The van der Waals surface area contributed by atoms with Gasteiger partial charge < -0.3 is 4.74 Å². The lowest BCUT2D eigenvalue weighted by atomic mass is 10.0. The molecule has 128 valence electrons. The molecule has 0 spiro atoms. The summed E-state index contributed by atoms with van der Waals surface area (Å²) in [6, 6.07) is 14.9. The number of carbonyl (C=O) groups is 1. The highest BCUT2D eigenvalue weighted by atomic mass is 32.2. The molecule has 0 atom stereocenters. The summed E-state index contributed by atoms with van der Waals surface area (Å²) in [7, 11) is 0. The van der Waals surface area contributed by atoms with Crippen LogP contribution < -0.4 is 5.32 Å². The minimum Gasteiger partial charge on any atom is -0.459 e. The summed E-state index contributed by atoms with van der Waals surface area (Å²) in [4.78, 5) is 16.3. The first kappa shape index (κ1) is 18.6. The zero-order valence-electron chi connectivity index (χ0n) is 14.3. The number of rotatable bonds is 4. The Bertz CT molecular complexity index is 808. The minimum atomic E-state index is -0.327. The predicted octanol–water partition coefficient (Wildman–Crippen LogP) is 4.34. The van der Waals surface area contributed by atoms with E-state index in [-0.39, 0.29) is 12.1 Å². The molecular weight excluding hydrogens is 334 g/mol. The molecular formula is C19H19N3O2S. The molecule has 0 aromatic heterocycles. The van der Waals surface area contributed by atoms with Gasteiger partial charge in [-0.2, -0.15) is 5.26 Å². The van der Waals surface area contributed by atoms with E-state index in [9.17, 15) is 4.79 Å². The second kappa shape index (κ2) is 8.90. The number of benzene rings is 2. The Morgan fingerprint density at radius 3 is 2.52 bits per heavy atom. The number of thioether (sulfide) groups is 1. The highest BCUT2D eigenvalue weighted by Gasteiger charge is 2.09. The van der Waals surface area contributed by atoms with Crippen LogP contribution >= 0.6 is 11.8 Å². The van der Waals surface area contributed by atoms with Crippen molar-refractivity contribution in [3.63, 3.8) is 0 Å². The van der Waals surface area contributed by atoms with Crippen LogP contribution in [-0.2, 0) is 4.74 Å². The molecule has 0 aliphatic rings. The van der Waals surface area contributed by atoms with Gasteiger partial charge in [0.1, 0.15) is 0 Å².